The van der Waals surface area contributed by atoms with Crippen LogP contribution in [0.3, 0.4) is 0 Å². The molecule has 0 aliphatic heterocycles. The molecule has 3 aromatic rings. The smallest absolute Gasteiger partial charge is 0.255 e. The average molecular weight is 443 g/mol. The predicted molar refractivity (Wildman–Crippen MR) is 127 cm³/mol. The molecule has 1 amide bonds. The summed E-state index contributed by atoms with van der Waals surface area (Å²) in [4.78, 5) is 13.9. The quantitative estimate of drug-likeness (QED) is 0.302. The first-order valence-electron chi connectivity index (χ1n) is 9.96. The van der Waals surface area contributed by atoms with Gasteiger partial charge >= 0.3 is 0 Å². The van der Waals surface area contributed by atoms with Gasteiger partial charge in [-0.15, -0.1) is 11.3 Å². The maximum absolute atomic E-state index is 13.0. The molecule has 1 heterocycles. The Morgan fingerprint density at radius 1 is 1.17 bits per heavy atom. The normalized spacial score (nSPS) is 14.1. The van der Waals surface area contributed by atoms with Crippen molar-refractivity contribution in [3.05, 3.63) is 71.1 Å². The van der Waals surface area contributed by atoms with Gasteiger partial charge in [0.15, 0.2) is 0 Å². The van der Waals surface area contributed by atoms with Gasteiger partial charge in [0.1, 0.15) is 0 Å². The summed E-state index contributed by atoms with van der Waals surface area (Å²) in [6, 6.07) is 16.8. The van der Waals surface area contributed by atoms with E-state index in [0.717, 1.165) is 16.0 Å². The minimum absolute atomic E-state index is 0.224. The fraction of sp³-hybridized carbons (Fsp3) is 0.261. The Hall–Kier alpha value is -2.40. The lowest BCUT2D eigenvalue weighted by Gasteiger charge is -2.23. The van der Waals surface area contributed by atoms with Gasteiger partial charge in [-0.1, -0.05) is 31.2 Å². The number of nitrogens with one attached hydrogen (secondary N) is 1. The zero-order valence-corrected chi connectivity index (χ0v) is 19.1. The Bertz CT molecular complexity index is 1050. The number of hydrogen-bond acceptors (Lipinski definition) is 5. The first kappa shape index (κ1) is 22.3. The van der Waals surface area contributed by atoms with Crippen LogP contribution >= 0.6 is 18.7 Å². The number of hydrogen-bond donors (Lipinski definition) is 2. The predicted octanol–water partition coefficient (Wildman–Crippen LogP) is 6.65. The molecule has 30 heavy (non-hydrogen) atoms. The lowest BCUT2D eigenvalue weighted by atomic mass is 10.1. The van der Waals surface area contributed by atoms with Crippen LogP contribution in [0.4, 0.5) is 11.4 Å². The Morgan fingerprint density at radius 3 is 2.50 bits per heavy atom. The average Bonchev–Trinajstić information content (AvgIpc) is 3.30. The summed E-state index contributed by atoms with van der Waals surface area (Å²) >= 11 is 1.63. The van der Waals surface area contributed by atoms with Crippen molar-refractivity contribution in [1.82, 2.24) is 0 Å². The van der Waals surface area contributed by atoms with Crippen molar-refractivity contribution in [2.75, 3.05) is 23.8 Å². The number of benzene rings is 2. The van der Waals surface area contributed by atoms with Gasteiger partial charge in [0.2, 0.25) is 7.37 Å². The Balaban J connectivity index is 1.77. The molecule has 0 fully saturated rings. The van der Waals surface area contributed by atoms with Crippen LogP contribution in [0.25, 0.3) is 10.4 Å². The lowest BCUT2D eigenvalue weighted by Crippen LogP contribution is -2.13. The van der Waals surface area contributed by atoms with Gasteiger partial charge in [0.25, 0.3) is 5.91 Å². The molecule has 0 saturated heterocycles. The molecule has 2 atom stereocenters. The lowest BCUT2D eigenvalue weighted by molar-refractivity contribution is 0.102. The molecule has 5 nitrogen and oxygen atoms in total. The zero-order chi connectivity index (χ0) is 21.7. The molecule has 3 rings (SSSR count). The summed E-state index contributed by atoms with van der Waals surface area (Å²) in [5.74, 6) is -0.243. The molecule has 0 aliphatic carbocycles. The molecule has 0 aliphatic rings. The second-order valence-electron chi connectivity index (χ2n) is 6.99. The summed E-state index contributed by atoms with van der Waals surface area (Å²) in [5.41, 5.74) is 9.34. The third-order valence-corrected chi connectivity index (χ3v) is 9.12. The number of amides is 1. The highest BCUT2D eigenvalue weighted by molar-refractivity contribution is 7.59. The van der Waals surface area contributed by atoms with Gasteiger partial charge in [-0.3, -0.25) is 9.36 Å². The molecular weight excluding hydrogens is 415 g/mol. The fourth-order valence-corrected chi connectivity index (χ4v) is 6.03. The van der Waals surface area contributed by atoms with Crippen LogP contribution in [0.2, 0.25) is 0 Å². The van der Waals surface area contributed by atoms with Gasteiger partial charge in [-0.05, 0) is 60.7 Å². The van der Waals surface area contributed by atoms with E-state index in [1.807, 2.05) is 62.5 Å². The number of anilines is 2. The zero-order valence-electron chi connectivity index (χ0n) is 17.4. The van der Waals surface area contributed by atoms with Crippen LogP contribution in [0.5, 0.6) is 0 Å². The third-order valence-electron chi connectivity index (χ3n) is 5.14. The molecule has 3 N–H and O–H groups in total. The van der Waals surface area contributed by atoms with Crippen LogP contribution in [-0.2, 0) is 9.09 Å². The van der Waals surface area contributed by atoms with Crippen molar-refractivity contribution in [1.29, 1.82) is 0 Å². The van der Waals surface area contributed by atoms with Crippen LogP contribution in [-0.4, -0.2) is 18.7 Å². The molecule has 0 saturated carbocycles. The standard InChI is InChI=1S/C23H27N2O3PS/c1-4-28-29(27,5-2)16(3)17-8-10-18(11-9-17)23(26)25-21-15-19(12-13-20(21)24)22-7-6-14-30-22/h6-16H,4-5,24H2,1-3H3,(H,25,26). The van der Waals surface area contributed by atoms with Crippen molar-refractivity contribution in [3.8, 4) is 10.4 Å². The first-order chi connectivity index (χ1) is 14.4. The summed E-state index contributed by atoms with van der Waals surface area (Å²) in [6.45, 7) is 6.05. The summed E-state index contributed by atoms with van der Waals surface area (Å²) < 4.78 is 18.6. The minimum Gasteiger partial charge on any atom is -0.397 e. The van der Waals surface area contributed by atoms with E-state index in [9.17, 15) is 9.36 Å². The SMILES string of the molecule is CCOP(=O)(CC)C(C)c1ccc(C(=O)Nc2cc(-c3cccs3)ccc2N)cc1. The number of carbonyl (C=O) groups excluding carboxylic acids is 1. The number of rotatable bonds is 8. The van der Waals surface area contributed by atoms with Crippen LogP contribution in [0, 0.1) is 0 Å². The topological polar surface area (TPSA) is 81.4 Å². The van der Waals surface area contributed by atoms with Crippen molar-refractivity contribution in [2.24, 2.45) is 0 Å². The van der Waals surface area contributed by atoms with Crippen molar-refractivity contribution in [2.45, 2.75) is 26.4 Å². The van der Waals surface area contributed by atoms with Crippen molar-refractivity contribution >= 4 is 36.0 Å². The molecular formula is C23H27N2O3PS. The molecule has 2 aromatic carbocycles. The molecule has 0 bridgehead atoms. The number of thiophene rings is 1. The van der Waals surface area contributed by atoms with Gasteiger partial charge < -0.3 is 15.6 Å². The van der Waals surface area contributed by atoms with Gasteiger partial charge in [0.05, 0.1) is 23.6 Å². The maximum atomic E-state index is 13.0. The highest BCUT2D eigenvalue weighted by Crippen LogP contribution is 2.59. The van der Waals surface area contributed by atoms with Crippen molar-refractivity contribution < 1.29 is 13.9 Å². The van der Waals surface area contributed by atoms with Crippen LogP contribution in [0.1, 0.15) is 42.4 Å². The van der Waals surface area contributed by atoms with Crippen LogP contribution in [0.15, 0.2) is 60.0 Å². The molecule has 0 spiro atoms. The molecule has 0 radical (unpaired) electrons. The second-order valence-corrected chi connectivity index (χ2v) is 11.1. The number of nitrogen functional groups attached to an aromatic ring is 1. The number of nitrogens with two attached hydrogens (primary N) is 1. The van der Waals surface area contributed by atoms with Crippen LogP contribution < -0.4 is 11.1 Å². The molecule has 158 valence electrons. The maximum Gasteiger partial charge on any atom is 0.255 e. The van der Waals surface area contributed by atoms with E-state index in [1.54, 1.807) is 29.5 Å². The second kappa shape index (κ2) is 9.61. The number of carbonyl (C=O) groups is 1. The minimum atomic E-state index is -2.76. The van der Waals surface area contributed by atoms with E-state index >= 15 is 0 Å². The van der Waals surface area contributed by atoms with E-state index < -0.39 is 7.37 Å². The third kappa shape index (κ3) is 4.84. The van der Waals surface area contributed by atoms with E-state index in [2.05, 4.69) is 5.32 Å². The highest BCUT2D eigenvalue weighted by atomic mass is 32.1. The monoisotopic (exact) mass is 442 g/mol. The summed E-state index contributed by atoms with van der Waals surface area (Å²) in [5, 5.41) is 4.91. The first-order valence-corrected chi connectivity index (χ1v) is 12.7. The Labute approximate surface area is 181 Å². The Kier molecular flexibility index (Phi) is 7.14. The van der Waals surface area contributed by atoms with E-state index in [4.69, 9.17) is 10.3 Å². The summed E-state index contributed by atoms with van der Waals surface area (Å²) in [6.07, 6.45) is 0.476. The van der Waals surface area contributed by atoms with Gasteiger partial charge in [-0.25, -0.2) is 0 Å². The highest BCUT2D eigenvalue weighted by Gasteiger charge is 2.29. The Morgan fingerprint density at radius 2 is 1.90 bits per heavy atom. The molecule has 7 heteroatoms. The molecule has 2 unspecified atom stereocenters. The van der Waals surface area contributed by atoms with E-state index in [1.165, 1.54) is 0 Å². The summed E-state index contributed by atoms with van der Waals surface area (Å²) in [7, 11) is -2.76. The van der Waals surface area contributed by atoms with Gasteiger partial charge in [0, 0.05) is 16.6 Å². The van der Waals surface area contributed by atoms with Crippen molar-refractivity contribution in [3.63, 3.8) is 0 Å². The fourth-order valence-electron chi connectivity index (χ4n) is 3.29. The van der Waals surface area contributed by atoms with E-state index in [0.29, 0.717) is 29.7 Å². The molecule has 1 aromatic heterocycles. The largest absolute Gasteiger partial charge is 0.397 e. The van der Waals surface area contributed by atoms with E-state index in [-0.39, 0.29) is 11.6 Å². The van der Waals surface area contributed by atoms with Gasteiger partial charge in [-0.2, -0.15) is 0 Å².